The Hall–Kier alpha value is -1.04. The molecule has 2 rings (SSSR count). The first-order valence-electron chi connectivity index (χ1n) is 6.94. The summed E-state index contributed by atoms with van der Waals surface area (Å²) in [5.41, 5.74) is 0.634. The van der Waals surface area contributed by atoms with Crippen molar-refractivity contribution in [1.82, 2.24) is 10.2 Å². The second-order valence-electron chi connectivity index (χ2n) is 5.06. The number of thioether (sulfide) groups is 1. The van der Waals surface area contributed by atoms with Gasteiger partial charge in [0.15, 0.2) is 5.78 Å². The number of amides is 1. The standard InChI is InChI=1S/C15H19ClN2O2S/c1-11-8-17-6-7-18(11)15(20)10-21-9-14(19)12-2-4-13(16)5-3-12/h2-5,11,17H,6-10H2,1H3/t11-/m1/s1. The third-order valence-corrected chi connectivity index (χ3v) is 4.62. The molecule has 1 aliphatic heterocycles. The zero-order valence-electron chi connectivity index (χ0n) is 12.0. The minimum atomic E-state index is 0.0258. The Kier molecular flexibility index (Phi) is 6.08. The lowest BCUT2D eigenvalue weighted by Gasteiger charge is -2.33. The Morgan fingerprint density at radius 1 is 1.33 bits per heavy atom. The van der Waals surface area contributed by atoms with Crippen LogP contribution < -0.4 is 5.32 Å². The van der Waals surface area contributed by atoms with Gasteiger partial charge in [0, 0.05) is 36.3 Å². The molecule has 1 N–H and O–H groups in total. The van der Waals surface area contributed by atoms with E-state index in [4.69, 9.17) is 11.6 Å². The summed E-state index contributed by atoms with van der Waals surface area (Å²) in [6.07, 6.45) is 0. The average Bonchev–Trinajstić information content (AvgIpc) is 2.48. The van der Waals surface area contributed by atoms with Crippen molar-refractivity contribution in [2.24, 2.45) is 0 Å². The number of carbonyl (C=O) groups excluding carboxylic acids is 2. The number of halogens is 1. The van der Waals surface area contributed by atoms with Gasteiger partial charge in [-0.3, -0.25) is 9.59 Å². The zero-order chi connectivity index (χ0) is 15.2. The highest BCUT2D eigenvalue weighted by Gasteiger charge is 2.22. The molecular weight excluding hydrogens is 308 g/mol. The minimum Gasteiger partial charge on any atom is -0.337 e. The number of benzene rings is 1. The highest BCUT2D eigenvalue weighted by molar-refractivity contribution is 8.00. The summed E-state index contributed by atoms with van der Waals surface area (Å²) in [5.74, 6) is 0.799. The van der Waals surface area contributed by atoms with Crippen molar-refractivity contribution in [3.8, 4) is 0 Å². The number of hydrogen-bond acceptors (Lipinski definition) is 4. The van der Waals surface area contributed by atoms with Gasteiger partial charge in [0.1, 0.15) is 0 Å². The number of nitrogens with one attached hydrogen (secondary N) is 1. The number of piperazine rings is 1. The smallest absolute Gasteiger partial charge is 0.232 e. The second kappa shape index (κ2) is 7.82. The number of Topliss-reactive ketones (excluding diaryl/α,β-unsaturated/α-hetero) is 1. The monoisotopic (exact) mass is 326 g/mol. The van der Waals surface area contributed by atoms with E-state index in [1.807, 2.05) is 11.8 Å². The predicted molar refractivity (Wildman–Crippen MR) is 87.2 cm³/mol. The van der Waals surface area contributed by atoms with Crippen LogP contribution in [0.25, 0.3) is 0 Å². The van der Waals surface area contributed by atoms with Crippen molar-refractivity contribution in [2.45, 2.75) is 13.0 Å². The Morgan fingerprint density at radius 3 is 2.71 bits per heavy atom. The van der Waals surface area contributed by atoms with E-state index < -0.39 is 0 Å². The summed E-state index contributed by atoms with van der Waals surface area (Å²) < 4.78 is 0. The van der Waals surface area contributed by atoms with Crippen LogP contribution in [0.15, 0.2) is 24.3 Å². The maximum absolute atomic E-state index is 12.1. The van der Waals surface area contributed by atoms with Crippen LogP contribution >= 0.6 is 23.4 Å². The molecule has 0 bridgehead atoms. The lowest BCUT2D eigenvalue weighted by atomic mass is 10.1. The van der Waals surface area contributed by atoms with Crippen LogP contribution in [0.3, 0.4) is 0 Å². The van der Waals surface area contributed by atoms with Gasteiger partial charge in [-0.2, -0.15) is 0 Å². The van der Waals surface area contributed by atoms with Crippen molar-refractivity contribution in [3.05, 3.63) is 34.9 Å². The maximum atomic E-state index is 12.1. The molecule has 0 aromatic heterocycles. The lowest BCUT2D eigenvalue weighted by molar-refractivity contribution is -0.131. The van der Waals surface area contributed by atoms with Crippen LogP contribution in [-0.4, -0.2) is 53.8 Å². The average molecular weight is 327 g/mol. The molecule has 6 heteroatoms. The molecule has 1 atom stereocenters. The third-order valence-electron chi connectivity index (χ3n) is 3.45. The molecular formula is C15H19ClN2O2S. The number of carbonyl (C=O) groups is 2. The molecule has 1 aromatic carbocycles. The van der Waals surface area contributed by atoms with Crippen LogP contribution in [0.4, 0.5) is 0 Å². The van der Waals surface area contributed by atoms with E-state index in [-0.39, 0.29) is 17.7 Å². The van der Waals surface area contributed by atoms with Crippen LogP contribution in [0, 0.1) is 0 Å². The highest BCUT2D eigenvalue weighted by atomic mass is 35.5. The summed E-state index contributed by atoms with van der Waals surface area (Å²) in [5, 5.41) is 3.87. The quantitative estimate of drug-likeness (QED) is 0.842. The zero-order valence-corrected chi connectivity index (χ0v) is 13.5. The Balaban J connectivity index is 1.77. The molecule has 0 unspecified atom stereocenters. The van der Waals surface area contributed by atoms with Gasteiger partial charge in [-0.15, -0.1) is 11.8 Å². The Bertz CT molecular complexity index is 507. The number of nitrogens with zero attached hydrogens (tertiary/aromatic N) is 1. The molecule has 1 aliphatic rings. The number of ketones is 1. The van der Waals surface area contributed by atoms with E-state index in [0.29, 0.717) is 22.1 Å². The summed E-state index contributed by atoms with van der Waals surface area (Å²) in [4.78, 5) is 26.0. The molecule has 114 valence electrons. The van der Waals surface area contributed by atoms with Gasteiger partial charge < -0.3 is 10.2 Å². The minimum absolute atomic E-state index is 0.0258. The van der Waals surface area contributed by atoms with Gasteiger partial charge in [0.2, 0.25) is 5.91 Å². The largest absolute Gasteiger partial charge is 0.337 e. The summed E-state index contributed by atoms with van der Waals surface area (Å²) in [7, 11) is 0. The molecule has 0 spiro atoms. The first kappa shape index (κ1) is 16.3. The van der Waals surface area contributed by atoms with Gasteiger partial charge in [-0.05, 0) is 31.2 Å². The third kappa shape index (κ3) is 4.73. The van der Waals surface area contributed by atoms with Gasteiger partial charge >= 0.3 is 0 Å². The van der Waals surface area contributed by atoms with Crippen molar-refractivity contribution < 1.29 is 9.59 Å². The molecule has 1 amide bonds. The van der Waals surface area contributed by atoms with E-state index in [0.717, 1.165) is 19.6 Å². The first-order valence-corrected chi connectivity index (χ1v) is 8.48. The molecule has 0 aliphatic carbocycles. The normalized spacial score (nSPS) is 18.6. The van der Waals surface area contributed by atoms with Gasteiger partial charge in [0.05, 0.1) is 11.5 Å². The fraction of sp³-hybridized carbons (Fsp3) is 0.467. The summed E-state index contributed by atoms with van der Waals surface area (Å²) in [6.45, 7) is 4.45. The van der Waals surface area contributed by atoms with Crippen LogP contribution in [-0.2, 0) is 4.79 Å². The van der Waals surface area contributed by atoms with Gasteiger partial charge in [0.25, 0.3) is 0 Å². The molecule has 0 radical (unpaired) electrons. The molecule has 1 fully saturated rings. The molecule has 21 heavy (non-hydrogen) atoms. The Morgan fingerprint density at radius 2 is 2.05 bits per heavy atom. The molecule has 1 saturated heterocycles. The van der Waals surface area contributed by atoms with Crippen LogP contribution in [0.2, 0.25) is 5.02 Å². The van der Waals surface area contributed by atoms with Gasteiger partial charge in [-0.25, -0.2) is 0 Å². The molecule has 4 nitrogen and oxygen atoms in total. The van der Waals surface area contributed by atoms with Crippen molar-refractivity contribution in [1.29, 1.82) is 0 Å². The van der Waals surface area contributed by atoms with E-state index in [2.05, 4.69) is 5.32 Å². The fourth-order valence-corrected chi connectivity index (χ4v) is 3.17. The maximum Gasteiger partial charge on any atom is 0.232 e. The second-order valence-corrected chi connectivity index (χ2v) is 6.49. The fourth-order valence-electron chi connectivity index (χ4n) is 2.24. The summed E-state index contributed by atoms with van der Waals surface area (Å²) in [6, 6.07) is 7.05. The van der Waals surface area contributed by atoms with Crippen molar-refractivity contribution in [2.75, 3.05) is 31.1 Å². The van der Waals surface area contributed by atoms with E-state index >= 15 is 0 Å². The molecule has 1 aromatic rings. The van der Waals surface area contributed by atoms with E-state index in [1.165, 1.54) is 11.8 Å². The summed E-state index contributed by atoms with van der Waals surface area (Å²) >= 11 is 7.16. The predicted octanol–water partition coefficient (Wildman–Crippen LogP) is 2.08. The SMILES string of the molecule is C[C@@H]1CNCCN1C(=O)CSCC(=O)c1ccc(Cl)cc1. The van der Waals surface area contributed by atoms with Gasteiger partial charge in [-0.1, -0.05) is 11.6 Å². The molecule has 0 saturated carbocycles. The van der Waals surface area contributed by atoms with Crippen molar-refractivity contribution >= 4 is 35.1 Å². The topological polar surface area (TPSA) is 49.4 Å². The van der Waals surface area contributed by atoms with Crippen LogP contribution in [0.1, 0.15) is 17.3 Å². The first-order chi connectivity index (χ1) is 10.1. The van der Waals surface area contributed by atoms with E-state index in [9.17, 15) is 9.59 Å². The van der Waals surface area contributed by atoms with Crippen molar-refractivity contribution in [3.63, 3.8) is 0 Å². The van der Waals surface area contributed by atoms with E-state index in [1.54, 1.807) is 24.3 Å². The highest BCUT2D eigenvalue weighted by Crippen LogP contribution is 2.13. The Labute approximate surface area is 134 Å². The number of rotatable bonds is 5. The molecule has 1 heterocycles. The van der Waals surface area contributed by atoms with Crippen LogP contribution in [0.5, 0.6) is 0 Å². The lowest BCUT2D eigenvalue weighted by Crippen LogP contribution is -2.52. The number of hydrogen-bond donors (Lipinski definition) is 1.